The highest BCUT2D eigenvalue weighted by Crippen LogP contribution is 2.31. The summed E-state index contributed by atoms with van der Waals surface area (Å²) in [5, 5.41) is 3.88. The molecule has 0 saturated carbocycles. The molecule has 0 radical (unpaired) electrons. The number of aliphatic imine (C=N–C) groups is 1. The van der Waals surface area contributed by atoms with Crippen LogP contribution in [-0.2, 0) is 0 Å². The minimum atomic E-state index is -0.707. The summed E-state index contributed by atoms with van der Waals surface area (Å²) in [5.74, 6) is -0.695. The van der Waals surface area contributed by atoms with Gasteiger partial charge in [0.05, 0.1) is 5.69 Å². The Kier molecular flexibility index (Phi) is 3.30. The number of carbonyl (C=O) groups excluding carboxylic acids is 1. The molecule has 0 bridgehead atoms. The number of nitrogens with zero attached hydrogens (tertiary/aromatic N) is 3. The number of aryl methyl sites for hydroxylation is 1. The topological polar surface area (TPSA) is 68.3 Å². The quantitative estimate of drug-likeness (QED) is 0.718. The molecule has 1 unspecified atom stereocenters. The summed E-state index contributed by atoms with van der Waals surface area (Å²) in [4.78, 5) is 21.3. The van der Waals surface area contributed by atoms with Gasteiger partial charge in [-0.25, -0.2) is 4.39 Å². The van der Waals surface area contributed by atoms with Crippen molar-refractivity contribution in [2.75, 3.05) is 0 Å². The highest BCUT2D eigenvalue weighted by molar-refractivity contribution is 6.15. The van der Waals surface area contributed by atoms with Crippen molar-refractivity contribution in [3.05, 3.63) is 65.3 Å². The number of hydrogen-bond donors (Lipinski definition) is 0. The number of halogens is 1. The summed E-state index contributed by atoms with van der Waals surface area (Å²) in [6.07, 6.45) is 1.52. The molecule has 118 valence electrons. The molecule has 1 atom stereocenters. The Bertz CT molecular complexity index is 961. The normalized spacial score (nSPS) is 16.2. The van der Waals surface area contributed by atoms with Crippen LogP contribution in [0, 0.1) is 12.7 Å². The number of benzene rings is 2. The Morgan fingerprint density at radius 2 is 1.92 bits per heavy atom. The van der Waals surface area contributed by atoms with Gasteiger partial charge < -0.3 is 4.52 Å². The second kappa shape index (κ2) is 5.49. The maximum absolute atomic E-state index is 13.0. The van der Waals surface area contributed by atoms with Crippen LogP contribution < -0.4 is 0 Å². The average Bonchev–Trinajstić information content (AvgIpc) is 3.06. The molecule has 1 aliphatic rings. The number of aromatic nitrogens is 2. The van der Waals surface area contributed by atoms with Crippen LogP contribution in [0.3, 0.4) is 0 Å². The van der Waals surface area contributed by atoms with E-state index in [1.165, 1.54) is 18.3 Å². The Morgan fingerprint density at radius 1 is 1.12 bits per heavy atom. The molecule has 0 fully saturated rings. The van der Waals surface area contributed by atoms with Crippen LogP contribution in [0.4, 0.5) is 10.1 Å². The monoisotopic (exact) mass is 321 g/mol. The first-order valence-electron chi connectivity index (χ1n) is 7.40. The van der Waals surface area contributed by atoms with Crippen molar-refractivity contribution in [3.63, 3.8) is 0 Å². The zero-order valence-corrected chi connectivity index (χ0v) is 12.7. The Morgan fingerprint density at radius 3 is 2.71 bits per heavy atom. The van der Waals surface area contributed by atoms with Gasteiger partial charge in [-0.2, -0.15) is 4.98 Å². The fourth-order valence-electron chi connectivity index (χ4n) is 2.60. The molecule has 2 heterocycles. The van der Waals surface area contributed by atoms with Crippen LogP contribution in [0.15, 0.2) is 52.0 Å². The van der Waals surface area contributed by atoms with Gasteiger partial charge in [0, 0.05) is 17.3 Å². The Hall–Kier alpha value is -3.15. The number of fused-ring (bicyclic) bond motifs is 1. The minimum absolute atomic E-state index is 0.127. The molecular weight excluding hydrogens is 309 g/mol. The van der Waals surface area contributed by atoms with Gasteiger partial charge in [0.2, 0.25) is 11.7 Å². The van der Waals surface area contributed by atoms with Crippen LogP contribution in [0.25, 0.3) is 11.4 Å². The van der Waals surface area contributed by atoms with Gasteiger partial charge in [0.15, 0.2) is 5.78 Å². The third-order valence-electron chi connectivity index (χ3n) is 3.87. The van der Waals surface area contributed by atoms with Crippen molar-refractivity contribution in [3.8, 4) is 11.4 Å². The van der Waals surface area contributed by atoms with E-state index in [2.05, 4.69) is 15.1 Å². The number of Topliss-reactive ketones (excluding diaryl/α,β-unsaturated/α-hetero) is 1. The first-order valence-corrected chi connectivity index (χ1v) is 7.40. The van der Waals surface area contributed by atoms with Crippen LogP contribution in [0.5, 0.6) is 0 Å². The van der Waals surface area contributed by atoms with E-state index in [-0.39, 0.29) is 17.5 Å². The summed E-state index contributed by atoms with van der Waals surface area (Å²) < 4.78 is 18.2. The molecular formula is C18H12FN3O2. The van der Waals surface area contributed by atoms with E-state index >= 15 is 0 Å². The van der Waals surface area contributed by atoms with Gasteiger partial charge in [-0.1, -0.05) is 16.8 Å². The predicted molar refractivity (Wildman–Crippen MR) is 86.1 cm³/mol. The third kappa shape index (κ3) is 2.42. The van der Waals surface area contributed by atoms with E-state index in [4.69, 9.17) is 4.52 Å². The third-order valence-corrected chi connectivity index (χ3v) is 3.87. The molecule has 0 spiro atoms. The van der Waals surface area contributed by atoms with Crippen LogP contribution in [0.1, 0.15) is 27.7 Å². The van der Waals surface area contributed by atoms with E-state index in [1.54, 1.807) is 18.2 Å². The largest absolute Gasteiger partial charge is 0.338 e. The van der Waals surface area contributed by atoms with E-state index in [9.17, 15) is 9.18 Å². The number of carbonyl (C=O) groups is 1. The molecule has 24 heavy (non-hydrogen) atoms. The van der Waals surface area contributed by atoms with Gasteiger partial charge in [-0.05, 0) is 43.3 Å². The average molecular weight is 321 g/mol. The molecule has 3 aromatic rings. The van der Waals surface area contributed by atoms with E-state index in [1.807, 2.05) is 19.1 Å². The summed E-state index contributed by atoms with van der Waals surface area (Å²) in [7, 11) is 0. The lowest BCUT2D eigenvalue weighted by molar-refractivity contribution is 0.0971. The molecule has 0 N–H and O–H groups in total. The van der Waals surface area contributed by atoms with E-state index in [0.717, 1.165) is 5.56 Å². The number of ketones is 1. The lowest BCUT2D eigenvalue weighted by Crippen LogP contribution is -2.18. The lowest BCUT2D eigenvalue weighted by atomic mass is 9.93. The Labute approximate surface area is 136 Å². The number of rotatable bonds is 2. The molecule has 4 rings (SSSR count). The second-order valence-electron chi connectivity index (χ2n) is 5.60. The first kappa shape index (κ1) is 14.4. The number of hydrogen-bond acceptors (Lipinski definition) is 5. The highest BCUT2D eigenvalue weighted by atomic mass is 19.1. The molecule has 1 aliphatic heterocycles. The van der Waals surface area contributed by atoms with Crippen LogP contribution in [0.2, 0.25) is 0 Å². The van der Waals surface area contributed by atoms with Crippen molar-refractivity contribution in [1.82, 2.24) is 10.1 Å². The molecule has 0 aliphatic carbocycles. The van der Waals surface area contributed by atoms with Gasteiger partial charge in [-0.3, -0.25) is 9.79 Å². The molecule has 2 aromatic carbocycles. The Balaban J connectivity index is 1.68. The maximum atomic E-state index is 13.0. The lowest BCUT2D eigenvalue weighted by Gasteiger charge is -2.14. The van der Waals surface area contributed by atoms with Crippen molar-refractivity contribution < 1.29 is 13.7 Å². The van der Waals surface area contributed by atoms with Gasteiger partial charge in [0.1, 0.15) is 11.7 Å². The fourth-order valence-corrected chi connectivity index (χ4v) is 2.60. The highest BCUT2D eigenvalue weighted by Gasteiger charge is 2.31. The SMILES string of the molecule is Cc1ccc2c(c1)C(=O)C(c1nc(-c3ccc(F)cc3)no1)C=N2. The molecule has 6 heteroatoms. The van der Waals surface area contributed by atoms with Gasteiger partial charge in [0.25, 0.3) is 0 Å². The van der Waals surface area contributed by atoms with Crippen LogP contribution in [-0.4, -0.2) is 22.1 Å². The standard InChI is InChI=1S/C18H12FN3O2/c1-10-2-7-15-13(8-10)16(23)14(9-20-15)18-21-17(22-24-18)11-3-5-12(19)6-4-11/h2-9,14H,1H3. The molecule has 5 nitrogen and oxygen atoms in total. The summed E-state index contributed by atoms with van der Waals surface area (Å²) >= 11 is 0. The molecule has 0 saturated heterocycles. The zero-order valence-electron chi connectivity index (χ0n) is 12.7. The van der Waals surface area contributed by atoms with Gasteiger partial charge in [-0.15, -0.1) is 0 Å². The molecule has 0 amide bonds. The van der Waals surface area contributed by atoms with Crippen molar-refractivity contribution >= 4 is 17.7 Å². The smallest absolute Gasteiger partial charge is 0.243 e. The first-order chi connectivity index (χ1) is 11.6. The van der Waals surface area contributed by atoms with E-state index in [0.29, 0.717) is 22.6 Å². The summed E-state index contributed by atoms with van der Waals surface area (Å²) in [6, 6.07) is 11.3. The van der Waals surface area contributed by atoms with Crippen LogP contribution >= 0.6 is 0 Å². The van der Waals surface area contributed by atoms with Crippen molar-refractivity contribution in [2.24, 2.45) is 4.99 Å². The van der Waals surface area contributed by atoms with E-state index < -0.39 is 5.92 Å². The minimum Gasteiger partial charge on any atom is -0.338 e. The zero-order chi connectivity index (χ0) is 16.7. The molecule has 1 aromatic heterocycles. The second-order valence-corrected chi connectivity index (χ2v) is 5.60. The summed E-state index contributed by atoms with van der Waals surface area (Å²) in [6.45, 7) is 1.92. The fraction of sp³-hybridized carbons (Fsp3) is 0.111. The van der Waals surface area contributed by atoms with Crippen molar-refractivity contribution in [1.29, 1.82) is 0 Å². The predicted octanol–water partition coefficient (Wildman–Crippen LogP) is 3.87. The summed E-state index contributed by atoms with van der Waals surface area (Å²) in [5.41, 5.74) is 2.78. The maximum Gasteiger partial charge on any atom is 0.243 e. The van der Waals surface area contributed by atoms with Gasteiger partial charge >= 0.3 is 0 Å². The van der Waals surface area contributed by atoms with Crippen molar-refractivity contribution in [2.45, 2.75) is 12.8 Å².